The van der Waals surface area contributed by atoms with Crippen LogP contribution in [0.15, 0.2) is 34.2 Å². The van der Waals surface area contributed by atoms with Crippen LogP contribution in [0.4, 0.5) is 0 Å². The first kappa shape index (κ1) is 13.0. The molecule has 18 heavy (non-hydrogen) atoms. The predicted molar refractivity (Wildman–Crippen MR) is 69.1 cm³/mol. The summed E-state index contributed by atoms with van der Waals surface area (Å²) in [4.78, 5) is 4.59. The van der Waals surface area contributed by atoms with Gasteiger partial charge in [-0.3, -0.25) is 9.71 Å². The summed E-state index contributed by atoms with van der Waals surface area (Å²) in [5.74, 6) is 0.309. The molecule has 0 bridgehead atoms. The van der Waals surface area contributed by atoms with Gasteiger partial charge in [0, 0.05) is 5.56 Å². The van der Waals surface area contributed by atoms with Crippen molar-refractivity contribution in [1.82, 2.24) is 4.72 Å². The van der Waals surface area contributed by atoms with Crippen LogP contribution >= 0.6 is 0 Å². The summed E-state index contributed by atoms with van der Waals surface area (Å²) in [6.07, 6.45) is 0.622. The van der Waals surface area contributed by atoms with Gasteiger partial charge in [-0.05, 0) is 25.5 Å². The van der Waals surface area contributed by atoms with Crippen LogP contribution in [-0.2, 0) is 10.0 Å². The molecule has 5 nitrogen and oxygen atoms in total. The summed E-state index contributed by atoms with van der Waals surface area (Å²) >= 11 is 0. The predicted octanol–water partition coefficient (Wildman–Crippen LogP) is 0.886. The third-order valence-corrected chi connectivity index (χ3v) is 4.54. The molecule has 98 valence electrons. The Kier molecular flexibility index (Phi) is 3.16. The van der Waals surface area contributed by atoms with Gasteiger partial charge in [0.1, 0.15) is 5.84 Å². The van der Waals surface area contributed by atoms with E-state index in [1.54, 1.807) is 31.2 Å². The number of nitrogens with one attached hydrogen (secondary N) is 1. The van der Waals surface area contributed by atoms with E-state index in [1.165, 1.54) is 0 Å². The van der Waals surface area contributed by atoms with Gasteiger partial charge in [-0.2, -0.15) is 0 Å². The summed E-state index contributed by atoms with van der Waals surface area (Å²) in [6, 6.07) is 6.69. The van der Waals surface area contributed by atoms with E-state index >= 15 is 0 Å². The topological polar surface area (TPSA) is 78.8 Å². The summed E-state index contributed by atoms with van der Waals surface area (Å²) < 4.78 is 26.2. The third kappa shape index (κ3) is 2.13. The minimum Gasteiger partial charge on any atom is -0.394 e. The maximum atomic E-state index is 11.9. The van der Waals surface area contributed by atoms with Crippen LogP contribution in [0.25, 0.3) is 0 Å². The van der Waals surface area contributed by atoms with Crippen LogP contribution in [0.1, 0.15) is 25.8 Å². The van der Waals surface area contributed by atoms with Gasteiger partial charge in [-0.25, -0.2) is 8.42 Å². The molecule has 0 fully saturated rings. The molecule has 1 unspecified atom stereocenters. The number of aliphatic imine (C=N–C) groups is 1. The second kappa shape index (κ2) is 4.37. The van der Waals surface area contributed by atoms with Crippen molar-refractivity contribution in [2.75, 3.05) is 6.61 Å². The fraction of sp³-hybridized carbons (Fsp3) is 0.417. The van der Waals surface area contributed by atoms with Gasteiger partial charge in [0.25, 0.3) is 10.0 Å². The summed E-state index contributed by atoms with van der Waals surface area (Å²) in [5, 5.41) is 9.34. The molecular weight excluding hydrogens is 252 g/mol. The van der Waals surface area contributed by atoms with Crippen molar-refractivity contribution in [2.24, 2.45) is 4.99 Å². The molecule has 6 heteroatoms. The first-order valence-electron chi connectivity index (χ1n) is 5.75. The fourth-order valence-corrected chi connectivity index (χ4v) is 2.95. The van der Waals surface area contributed by atoms with Crippen molar-refractivity contribution in [3.63, 3.8) is 0 Å². The second-order valence-electron chi connectivity index (χ2n) is 4.57. The Balaban J connectivity index is 2.55. The Morgan fingerprint density at radius 3 is 2.67 bits per heavy atom. The molecule has 0 saturated heterocycles. The van der Waals surface area contributed by atoms with Crippen LogP contribution in [0.5, 0.6) is 0 Å². The molecule has 2 N–H and O–H groups in total. The first-order valence-corrected chi connectivity index (χ1v) is 7.23. The van der Waals surface area contributed by atoms with E-state index in [2.05, 4.69) is 9.71 Å². The Labute approximate surface area is 107 Å². The van der Waals surface area contributed by atoms with Gasteiger partial charge in [-0.1, -0.05) is 19.1 Å². The zero-order chi connectivity index (χ0) is 13.4. The molecule has 1 aliphatic heterocycles. The molecule has 1 heterocycles. The first-order chi connectivity index (χ1) is 8.42. The highest BCUT2D eigenvalue weighted by atomic mass is 32.2. The number of benzene rings is 1. The molecule has 0 aliphatic carbocycles. The lowest BCUT2D eigenvalue weighted by molar-refractivity contribution is 0.206. The summed E-state index contributed by atoms with van der Waals surface area (Å²) in [5.41, 5.74) is -0.111. The van der Waals surface area contributed by atoms with Crippen LogP contribution in [0.3, 0.4) is 0 Å². The van der Waals surface area contributed by atoms with Gasteiger partial charge in [-0.15, -0.1) is 0 Å². The number of rotatable bonds is 3. The van der Waals surface area contributed by atoms with Gasteiger partial charge < -0.3 is 5.11 Å². The fourth-order valence-electron chi connectivity index (χ4n) is 1.71. The van der Waals surface area contributed by atoms with Crippen LogP contribution in [0, 0.1) is 0 Å². The van der Waals surface area contributed by atoms with E-state index in [9.17, 15) is 13.5 Å². The lowest BCUT2D eigenvalue weighted by Gasteiger charge is -2.21. The SMILES string of the molecule is CCC(C)(CO)N=C1NS(=O)(=O)c2ccccc21. The van der Waals surface area contributed by atoms with Crippen molar-refractivity contribution < 1.29 is 13.5 Å². The molecule has 1 atom stereocenters. The van der Waals surface area contributed by atoms with E-state index in [4.69, 9.17) is 0 Å². The standard InChI is InChI=1S/C12H16N2O3S/c1-3-12(2,8-15)13-11-9-6-4-5-7-10(9)18(16,17)14-11/h4-7,15H,3,8H2,1-2H3,(H,13,14). The minimum absolute atomic E-state index is 0.128. The van der Waals surface area contributed by atoms with Crippen LogP contribution in [-0.4, -0.2) is 31.5 Å². The summed E-state index contributed by atoms with van der Waals surface area (Å²) in [6.45, 7) is 3.56. The highest BCUT2D eigenvalue weighted by Crippen LogP contribution is 2.25. The van der Waals surface area contributed by atoms with Crippen molar-refractivity contribution in [2.45, 2.75) is 30.7 Å². The average Bonchev–Trinajstić information content (AvgIpc) is 2.61. The number of aliphatic hydroxyl groups is 1. The Hall–Kier alpha value is -1.40. The van der Waals surface area contributed by atoms with Gasteiger partial charge >= 0.3 is 0 Å². The zero-order valence-corrected chi connectivity index (χ0v) is 11.2. The maximum absolute atomic E-state index is 11.9. The quantitative estimate of drug-likeness (QED) is 0.854. The normalized spacial score (nSPS) is 22.3. The number of aliphatic hydroxyl groups excluding tert-OH is 1. The highest BCUT2D eigenvalue weighted by Gasteiger charge is 2.32. The van der Waals surface area contributed by atoms with E-state index in [1.807, 2.05) is 6.92 Å². The smallest absolute Gasteiger partial charge is 0.263 e. The molecule has 2 rings (SSSR count). The van der Waals surface area contributed by atoms with Crippen molar-refractivity contribution in [1.29, 1.82) is 0 Å². The molecule has 0 radical (unpaired) electrons. The molecule has 0 saturated carbocycles. The van der Waals surface area contributed by atoms with E-state index in [0.717, 1.165) is 0 Å². The number of hydrogen-bond donors (Lipinski definition) is 2. The maximum Gasteiger partial charge on any atom is 0.263 e. The Bertz CT molecular complexity index is 589. The number of nitrogens with zero attached hydrogens (tertiary/aromatic N) is 1. The van der Waals surface area contributed by atoms with Gasteiger partial charge in [0.15, 0.2) is 0 Å². The van der Waals surface area contributed by atoms with E-state index < -0.39 is 15.6 Å². The van der Waals surface area contributed by atoms with E-state index in [-0.39, 0.29) is 11.5 Å². The molecule has 1 aromatic carbocycles. The highest BCUT2D eigenvalue weighted by molar-refractivity contribution is 7.90. The number of sulfonamides is 1. The van der Waals surface area contributed by atoms with Crippen molar-refractivity contribution >= 4 is 15.9 Å². The largest absolute Gasteiger partial charge is 0.394 e. The molecule has 1 aromatic rings. The van der Waals surface area contributed by atoms with Gasteiger partial charge in [0.05, 0.1) is 17.0 Å². The molecule has 0 spiro atoms. The number of amidine groups is 1. The Morgan fingerprint density at radius 2 is 2.06 bits per heavy atom. The molecule has 0 amide bonds. The van der Waals surface area contributed by atoms with Crippen LogP contribution in [0.2, 0.25) is 0 Å². The number of fused-ring (bicyclic) bond motifs is 1. The lowest BCUT2D eigenvalue weighted by Crippen LogP contribution is -2.31. The third-order valence-electron chi connectivity index (χ3n) is 3.15. The van der Waals surface area contributed by atoms with Crippen LogP contribution < -0.4 is 4.72 Å². The minimum atomic E-state index is -3.51. The van der Waals surface area contributed by atoms with E-state index in [0.29, 0.717) is 17.8 Å². The summed E-state index contributed by atoms with van der Waals surface area (Å²) in [7, 11) is -3.51. The monoisotopic (exact) mass is 268 g/mol. The lowest BCUT2D eigenvalue weighted by atomic mass is 10.0. The molecule has 1 aliphatic rings. The molecule has 0 aromatic heterocycles. The van der Waals surface area contributed by atoms with Crippen molar-refractivity contribution in [3.05, 3.63) is 29.8 Å². The van der Waals surface area contributed by atoms with Gasteiger partial charge in [0.2, 0.25) is 0 Å². The Morgan fingerprint density at radius 1 is 1.39 bits per heavy atom. The number of hydrogen-bond acceptors (Lipinski definition) is 4. The second-order valence-corrected chi connectivity index (χ2v) is 6.22. The zero-order valence-electron chi connectivity index (χ0n) is 10.3. The van der Waals surface area contributed by atoms with Crippen molar-refractivity contribution in [3.8, 4) is 0 Å². The average molecular weight is 268 g/mol. The molecular formula is C12H16N2O3S.